The maximum atomic E-state index is 13.8. The molecule has 0 aliphatic carbocycles. The third kappa shape index (κ3) is 6.87. The molecule has 43 heavy (non-hydrogen) atoms. The van der Waals surface area contributed by atoms with E-state index in [2.05, 4.69) is 5.32 Å². The predicted octanol–water partition coefficient (Wildman–Crippen LogP) is 3.90. The SMILES string of the molecule is COC(C)=C(C(=O)OC(c1ccccc1)c1ccccc1)N1C(=O)C(NC(C)=O)C1SS(=O)(=O)c1ccc([N+](=O)[O-])cc1. The highest BCUT2D eigenvalue weighted by atomic mass is 33.1. The van der Waals surface area contributed by atoms with Crippen molar-refractivity contribution >= 4 is 43.1 Å². The zero-order chi connectivity index (χ0) is 31.3. The van der Waals surface area contributed by atoms with Crippen molar-refractivity contribution in [2.75, 3.05) is 7.11 Å². The summed E-state index contributed by atoms with van der Waals surface area (Å²) in [4.78, 5) is 50.1. The Morgan fingerprint density at radius 2 is 1.49 bits per heavy atom. The van der Waals surface area contributed by atoms with Crippen LogP contribution in [0.1, 0.15) is 31.1 Å². The molecule has 3 aromatic rings. The summed E-state index contributed by atoms with van der Waals surface area (Å²) in [7, 11) is -2.68. The molecule has 1 aliphatic heterocycles. The molecule has 1 heterocycles. The van der Waals surface area contributed by atoms with E-state index in [0.717, 1.165) is 36.1 Å². The number of hydrogen-bond acceptors (Lipinski definition) is 10. The van der Waals surface area contributed by atoms with E-state index in [4.69, 9.17) is 9.47 Å². The second kappa shape index (κ2) is 13.1. The van der Waals surface area contributed by atoms with Gasteiger partial charge < -0.3 is 14.8 Å². The summed E-state index contributed by atoms with van der Waals surface area (Å²) in [5, 5.41) is 12.1. The molecule has 224 valence electrons. The largest absolute Gasteiger partial charge is 0.499 e. The second-order valence-electron chi connectivity index (χ2n) is 9.29. The van der Waals surface area contributed by atoms with Crippen molar-refractivity contribution in [3.05, 3.63) is 118 Å². The molecule has 0 radical (unpaired) electrons. The van der Waals surface area contributed by atoms with Gasteiger partial charge in [0.05, 0.1) is 16.9 Å². The van der Waals surface area contributed by atoms with E-state index >= 15 is 0 Å². The lowest BCUT2D eigenvalue weighted by Gasteiger charge is -2.46. The average molecular weight is 626 g/mol. The van der Waals surface area contributed by atoms with Crippen molar-refractivity contribution in [1.82, 2.24) is 10.2 Å². The van der Waals surface area contributed by atoms with Crippen LogP contribution in [0.5, 0.6) is 0 Å². The van der Waals surface area contributed by atoms with Gasteiger partial charge in [0, 0.05) is 29.9 Å². The lowest BCUT2D eigenvalue weighted by Crippen LogP contribution is -2.69. The Morgan fingerprint density at radius 3 is 1.95 bits per heavy atom. The number of esters is 1. The number of nitro groups is 1. The molecule has 4 rings (SSSR count). The van der Waals surface area contributed by atoms with Gasteiger partial charge in [-0.15, -0.1) is 0 Å². The van der Waals surface area contributed by atoms with Gasteiger partial charge in [-0.25, -0.2) is 13.2 Å². The Morgan fingerprint density at radius 1 is 0.953 bits per heavy atom. The summed E-state index contributed by atoms with van der Waals surface area (Å²) in [6.07, 6.45) is -0.882. The van der Waals surface area contributed by atoms with Crippen LogP contribution >= 0.6 is 10.8 Å². The summed E-state index contributed by atoms with van der Waals surface area (Å²) in [5.74, 6) is -2.35. The fourth-order valence-electron chi connectivity index (χ4n) is 4.33. The van der Waals surface area contributed by atoms with Crippen molar-refractivity contribution in [3.63, 3.8) is 0 Å². The highest BCUT2D eigenvalue weighted by Gasteiger charge is 2.54. The van der Waals surface area contributed by atoms with Crippen LogP contribution < -0.4 is 5.32 Å². The summed E-state index contributed by atoms with van der Waals surface area (Å²) < 4.78 is 38.0. The first-order valence-corrected chi connectivity index (χ1v) is 15.7. The van der Waals surface area contributed by atoms with Crippen LogP contribution in [0.25, 0.3) is 0 Å². The Kier molecular flexibility index (Phi) is 9.51. The predicted molar refractivity (Wildman–Crippen MR) is 157 cm³/mol. The van der Waals surface area contributed by atoms with Crippen molar-refractivity contribution in [2.24, 2.45) is 0 Å². The number of nitro benzene ring substituents is 1. The summed E-state index contributed by atoms with van der Waals surface area (Å²) in [6.45, 7) is 2.58. The van der Waals surface area contributed by atoms with Gasteiger partial charge in [0.15, 0.2) is 11.8 Å². The topological polar surface area (TPSA) is 162 Å². The van der Waals surface area contributed by atoms with Crippen molar-refractivity contribution in [2.45, 2.75) is 36.3 Å². The van der Waals surface area contributed by atoms with Crippen molar-refractivity contribution in [1.29, 1.82) is 0 Å². The molecule has 2 unspecified atom stereocenters. The van der Waals surface area contributed by atoms with E-state index in [0.29, 0.717) is 21.9 Å². The molecule has 0 saturated carbocycles. The smallest absolute Gasteiger partial charge is 0.359 e. The number of carbonyl (C=O) groups is 3. The fourth-order valence-corrected chi connectivity index (χ4v) is 7.80. The van der Waals surface area contributed by atoms with Crippen LogP contribution in [0.2, 0.25) is 0 Å². The molecule has 3 aromatic carbocycles. The number of rotatable bonds is 11. The van der Waals surface area contributed by atoms with Crippen LogP contribution in [0, 0.1) is 10.1 Å². The van der Waals surface area contributed by atoms with E-state index in [1.807, 2.05) is 12.1 Å². The highest BCUT2D eigenvalue weighted by Crippen LogP contribution is 2.41. The minimum Gasteiger partial charge on any atom is -0.499 e. The number of likely N-dealkylation sites (tertiary alicyclic amines) is 1. The van der Waals surface area contributed by atoms with Crippen molar-refractivity contribution in [3.8, 4) is 0 Å². The molecule has 2 amide bonds. The number of nitrogens with one attached hydrogen (secondary N) is 1. The minimum absolute atomic E-state index is 0.0298. The molecule has 12 nitrogen and oxygen atoms in total. The van der Waals surface area contributed by atoms with E-state index in [9.17, 15) is 32.9 Å². The fraction of sp³-hybridized carbons (Fsp3) is 0.207. The first-order chi connectivity index (χ1) is 20.4. The number of benzene rings is 3. The number of ether oxygens (including phenoxy) is 2. The quantitative estimate of drug-likeness (QED) is 0.0629. The van der Waals surface area contributed by atoms with Gasteiger partial charge in [-0.2, -0.15) is 0 Å². The molecular formula is C29H27N3O9S2. The van der Waals surface area contributed by atoms with Crippen LogP contribution in [0.4, 0.5) is 5.69 Å². The first kappa shape index (κ1) is 31.3. The molecule has 0 bridgehead atoms. The average Bonchev–Trinajstić information content (AvgIpc) is 3.01. The maximum Gasteiger partial charge on any atom is 0.359 e. The molecule has 2 atom stereocenters. The normalized spacial score (nSPS) is 17.0. The lowest BCUT2D eigenvalue weighted by atomic mass is 10.0. The van der Waals surface area contributed by atoms with Gasteiger partial charge in [-0.05, 0) is 30.2 Å². The Balaban J connectivity index is 1.71. The second-order valence-corrected chi connectivity index (χ2v) is 13.2. The monoisotopic (exact) mass is 625 g/mol. The highest BCUT2D eigenvalue weighted by molar-refractivity contribution is 8.72. The van der Waals surface area contributed by atoms with Crippen LogP contribution in [0.3, 0.4) is 0 Å². The van der Waals surface area contributed by atoms with Gasteiger partial charge in [0.2, 0.25) is 14.8 Å². The molecule has 1 aliphatic rings. The number of amides is 2. The zero-order valence-corrected chi connectivity index (χ0v) is 24.8. The lowest BCUT2D eigenvalue weighted by molar-refractivity contribution is -0.384. The van der Waals surface area contributed by atoms with E-state index in [1.165, 1.54) is 14.0 Å². The summed E-state index contributed by atoms with van der Waals surface area (Å²) >= 11 is 0. The zero-order valence-electron chi connectivity index (χ0n) is 23.2. The van der Waals surface area contributed by atoms with Gasteiger partial charge in [-0.1, -0.05) is 60.7 Å². The van der Waals surface area contributed by atoms with Crippen LogP contribution in [-0.4, -0.2) is 54.6 Å². The van der Waals surface area contributed by atoms with Crippen molar-refractivity contribution < 1.29 is 37.2 Å². The van der Waals surface area contributed by atoms with E-state index < -0.39 is 49.1 Å². The number of nitrogens with zero attached hydrogens (tertiary/aromatic N) is 2. The summed E-state index contributed by atoms with van der Waals surface area (Å²) in [6, 6.07) is 20.7. The Hall–Kier alpha value is -4.69. The third-order valence-corrected chi connectivity index (χ3v) is 10.2. The van der Waals surface area contributed by atoms with Gasteiger partial charge in [0.1, 0.15) is 17.2 Å². The number of hydrogen-bond donors (Lipinski definition) is 1. The Bertz CT molecular complexity index is 1620. The molecule has 1 saturated heterocycles. The first-order valence-electron chi connectivity index (χ1n) is 12.8. The summed E-state index contributed by atoms with van der Waals surface area (Å²) in [5.41, 5.74) is 0.640. The van der Waals surface area contributed by atoms with E-state index in [1.54, 1.807) is 48.5 Å². The number of allylic oxidation sites excluding steroid dienone is 1. The molecular weight excluding hydrogens is 598 g/mol. The molecule has 0 spiro atoms. The third-order valence-electron chi connectivity index (χ3n) is 6.47. The molecule has 0 aromatic heterocycles. The van der Waals surface area contributed by atoms with Gasteiger partial charge in [0.25, 0.3) is 11.6 Å². The standard InChI is InChI=1S/C29H27N3O9S2/c1-18(40-3)25(29(35)41-26(20-10-6-4-7-11-20)21-12-8-5-9-13-21)31-27(34)24(30-19(2)33)28(31)42-43(38,39)23-16-14-22(15-17-23)32(36)37/h4-17,24,26,28H,1-3H3,(H,30,33). The number of methoxy groups -OCH3 is 1. The minimum atomic E-state index is -4.26. The number of non-ortho nitro benzene ring substituents is 1. The van der Waals surface area contributed by atoms with E-state index in [-0.39, 0.29) is 22.0 Å². The van der Waals surface area contributed by atoms with Crippen LogP contribution in [0.15, 0.2) is 101 Å². The molecule has 14 heteroatoms. The molecule has 1 fully saturated rings. The molecule has 1 N–H and O–H groups in total. The van der Waals surface area contributed by atoms with Gasteiger partial charge in [-0.3, -0.25) is 24.6 Å². The Labute approximate surface area is 251 Å². The maximum absolute atomic E-state index is 13.8. The van der Waals surface area contributed by atoms with Crippen LogP contribution in [-0.2, 0) is 32.7 Å². The van der Waals surface area contributed by atoms with Gasteiger partial charge >= 0.3 is 5.97 Å². The number of carbonyl (C=O) groups excluding carboxylic acids is 3. The number of β-lactam (4-membered cyclic amide) rings is 1.